The molecule has 0 aromatic heterocycles. The highest BCUT2D eigenvalue weighted by molar-refractivity contribution is 6.34. The highest BCUT2D eigenvalue weighted by Gasteiger charge is 2.16. The Balaban J connectivity index is 1.61. The number of hydrogen-bond acceptors (Lipinski definition) is 6. The number of amides is 1. The summed E-state index contributed by atoms with van der Waals surface area (Å²) in [6.45, 7) is 1.67. The summed E-state index contributed by atoms with van der Waals surface area (Å²) < 4.78 is 5.73. The zero-order valence-corrected chi connectivity index (χ0v) is 17.1. The number of nitrogens with one attached hydrogen (secondary N) is 2. The molecule has 0 aliphatic carbocycles. The van der Waals surface area contributed by atoms with Gasteiger partial charge in [0.1, 0.15) is 23.6 Å². The monoisotopic (exact) mass is 436 g/mol. The van der Waals surface area contributed by atoms with Crippen LogP contribution in [-0.4, -0.2) is 16.9 Å². The Bertz CT molecular complexity index is 1160. The largest absolute Gasteiger partial charge is 0.456 e. The van der Waals surface area contributed by atoms with Crippen LogP contribution >= 0.6 is 11.6 Å². The Kier molecular flexibility index (Phi) is 6.70. The Morgan fingerprint density at radius 3 is 2.52 bits per heavy atom. The van der Waals surface area contributed by atoms with Crippen molar-refractivity contribution in [1.82, 2.24) is 0 Å². The van der Waals surface area contributed by atoms with E-state index in [1.54, 1.807) is 55.5 Å². The molecular formula is C22H17ClN4O4. The van der Waals surface area contributed by atoms with Crippen molar-refractivity contribution in [3.8, 4) is 17.6 Å². The summed E-state index contributed by atoms with van der Waals surface area (Å²) in [6.07, 6.45) is 0. The van der Waals surface area contributed by atoms with Crippen LogP contribution in [0.25, 0.3) is 0 Å². The highest BCUT2D eigenvalue weighted by Crippen LogP contribution is 2.28. The fourth-order valence-electron chi connectivity index (χ4n) is 2.67. The molecule has 0 radical (unpaired) electrons. The van der Waals surface area contributed by atoms with E-state index in [1.165, 1.54) is 18.2 Å². The maximum absolute atomic E-state index is 12.4. The van der Waals surface area contributed by atoms with Gasteiger partial charge in [-0.25, -0.2) is 0 Å². The third kappa shape index (κ3) is 5.50. The lowest BCUT2D eigenvalue weighted by Gasteiger charge is -2.16. The summed E-state index contributed by atoms with van der Waals surface area (Å²) in [7, 11) is 0. The molecule has 8 nitrogen and oxygen atoms in total. The summed E-state index contributed by atoms with van der Waals surface area (Å²) in [5, 5.41) is 25.7. The SMILES string of the molecule is CC(Nc1ccc(Oc2ccccc2C#N)cc1)C(=O)Nc1ccc([N+](=O)[O-])cc1Cl. The summed E-state index contributed by atoms with van der Waals surface area (Å²) in [5.74, 6) is 0.639. The molecule has 3 rings (SSSR count). The molecule has 3 aromatic rings. The van der Waals surface area contributed by atoms with E-state index >= 15 is 0 Å². The average Bonchev–Trinajstić information content (AvgIpc) is 2.76. The fraction of sp³-hybridized carbons (Fsp3) is 0.0909. The molecule has 1 amide bonds. The standard InChI is InChI=1S/C22H17ClN4O4/c1-14(22(28)26-20-11-8-17(27(29)30)12-19(20)23)25-16-6-9-18(10-7-16)31-21-5-3-2-4-15(21)13-24/h2-12,14,25H,1H3,(H,26,28). The number of halogens is 1. The van der Waals surface area contributed by atoms with Crippen LogP contribution in [0.4, 0.5) is 17.1 Å². The van der Waals surface area contributed by atoms with Crippen molar-refractivity contribution in [1.29, 1.82) is 5.26 Å². The third-order valence-electron chi connectivity index (χ3n) is 4.29. The van der Waals surface area contributed by atoms with Gasteiger partial charge >= 0.3 is 0 Å². The Hall–Kier alpha value is -4.09. The van der Waals surface area contributed by atoms with E-state index in [0.29, 0.717) is 22.7 Å². The number of anilines is 2. The average molecular weight is 437 g/mol. The first-order valence-corrected chi connectivity index (χ1v) is 9.53. The summed E-state index contributed by atoms with van der Waals surface area (Å²) >= 11 is 6.01. The van der Waals surface area contributed by atoms with Crippen LogP contribution in [0.3, 0.4) is 0 Å². The third-order valence-corrected chi connectivity index (χ3v) is 4.60. The number of non-ortho nitro benzene ring substituents is 1. The molecule has 3 aromatic carbocycles. The number of para-hydroxylation sites is 1. The number of nitrogens with zero attached hydrogens (tertiary/aromatic N) is 2. The molecule has 0 saturated carbocycles. The van der Waals surface area contributed by atoms with Crippen molar-refractivity contribution in [3.63, 3.8) is 0 Å². The molecule has 31 heavy (non-hydrogen) atoms. The van der Waals surface area contributed by atoms with Gasteiger partial charge in [-0.3, -0.25) is 14.9 Å². The van der Waals surface area contributed by atoms with Gasteiger partial charge in [-0.05, 0) is 49.4 Å². The number of benzene rings is 3. The molecule has 0 fully saturated rings. The van der Waals surface area contributed by atoms with Crippen LogP contribution in [0, 0.1) is 21.4 Å². The number of carbonyl (C=O) groups is 1. The van der Waals surface area contributed by atoms with Gasteiger partial charge in [-0.1, -0.05) is 23.7 Å². The van der Waals surface area contributed by atoms with Crippen LogP contribution in [0.15, 0.2) is 66.7 Å². The lowest BCUT2D eigenvalue weighted by molar-refractivity contribution is -0.384. The van der Waals surface area contributed by atoms with E-state index in [-0.39, 0.29) is 22.3 Å². The zero-order valence-electron chi connectivity index (χ0n) is 16.3. The minimum Gasteiger partial charge on any atom is -0.456 e. The zero-order chi connectivity index (χ0) is 22.4. The van der Waals surface area contributed by atoms with E-state index in [1.807, 2.05) is 0 Å². The molecule has 0 heterocycles. The summed E-state index contributed by atoms with van der Waals surface area (Å²) in [5.41, 5.74) is 1.23. The number of nitro groups is 1. The molecule has 1 atom stereocenters. The number of nitro benzene ring substituents is 1. The molecule has 0 spiro atoms. The predicted molar refractivity (Wildman–Crippen MR) is 117 cm³/mol. The first-order valence-electron chi connectivity index (χ1n) is 9.16. The maximum atomic E-state index is 12.4. The second-order valence-electron chi connectivity index (χ2n) is 6.51. The number of carbonyl (C=O) groups excluding carboxylic acids is 1. The van der Waals surface area contributed by atoms with E-state index < -0.39 is 11.0 Å². The van der Waals surface area contributed by atoms with Gasteiger partial charge in [0.25, 0.3) is 5.69 Å². The van der Waals surface area contributed by atoms with Crippen LogP contribution in [-0.2, 0) is 4.79 Å². The highest BCUT2D eigenvalue weighted by atomic mass is 35.5. The van der Waals surface area contributed by atoms with E-state index in [0.717, 1.165) is 0 Å². The number of ether oxygens (including phenoxy) is 1. The molecule has 2 N–H and O–H groups in total. The van der Waals surface area contributed by atoms with Gasteiger partial charge in [-0.2, -0.15) is 5.26 Å². The van der Waals surface area contributed by atoms with Gasteiger partial charge in [-0.15, -0.1) is 0 Å². The summed E-state index contributed by atoms with van der Waals surface area (Å²) in [4.78, 5) is 22.7. The quantitative estimate of drug-likeness (QED) is 0.380. The van der Waals surface area contributed by atoms with Crippen LogP contribution < -0.4 is 15.4 Å². The van der Waals surface area contributed by atoms with E-state index in [4.69, 9.17) is 21.6 Å². The van der Waals surface area contributed by atoms with E-state index in [9.17, 15) is 14.9 Å². The van der Waals surface area contributed by atoms with Crippen molar-refractivity contribution < 1.29 is 14.5 Å². The lowest BCUT2D eigenvalue weighted by atomic mass is 10.2. The Morgan fingerprint density at radius 2 is 1.87 bits per heavy atom. The van der Waals surface area contributed by atoms with Gasteiger partial charge in [0.2, 0.25) is 5.91 Å². The van der Waals surface area contributed by atoms with Crippen LogP contribution in [0.2, 0.25) is 5.02 Å². The van der Waals surface area contributed by atoms with Crippen LogP contribution in [0.1, 0.15) is 12.5 Å². The Labute approximate surface area is 183 Å². The molecule has 1 unspecified atom stereocenters. The van der Waals surface area contributed by atoms with Crippen molar-refractivity contribution in [2.75, 3.05) is 10.6 Å². The van der Waals surface area contributed by atoms with Gasteiger partial charge in [0, 0.05) is 17.8 Å². The van der Waals surface area contributed by atoms with Crippen molar-refractivity contribution >= 4 is 34.6 Å². The lowest BCUT2D eigenvalue weighted by Crippen LogP contribution is -2.31. The molecule has 0 bridgehead atoms. The van der Waals surface area contributed by atoms with Gasteiger partial charge < -0.3 is 15.4 Å². The van der Waals surface area contributed by atoms with Crippen molar-refractivity contribution in [2.24, 2.45) is 0 Å². The predicted octanol–water partition coefficient (Wildman–Crippen LogP) is 5.35. The number of rotatable bonds is 7. The van der Waals surface area contributed by atoms with Gasteiger partial charge in [0.05, 0.1) is 21.2 Å². The van der Waals surface area contributed by atoms with Crippen LogP contribution in [0.5, 0.6) is 11.5 Å². The smallest absolute Gasteiger partial charge is 0.271 e. The second kappa shape index (κ2) is 9.61. The molecule has 9 heteroatoms. The van der Waals surface area contributed by atoms with Crippen molar-refractivity contribution in [3.05, 3.63) is 87.4 Å². The van der Waals surface area contributed by atoms with Gasteiger partial charge in [0.15, 0.2) is 0 Å². The summed E-state index contributed by atoms with van der Waals surface area (Å²) in [6, 6.07) is 19.1. The number of hydrogen-bond donors (Lipinski definition) is 2. The Morgan fingerprint density at radius 1 is 1.16 bits per heavy atom. The first-order chi connectivity index (χ1) is 14.9. The molecule has 156 valence electrons. The number of nitriles is 1. The minimum atomic E-state index is -0.614. The van der Waals surface area contributed by atoms with Crippen molar-refractivity contribution in [2.45, 2.75) is 13.0 Å². The normalized spacial score (nSPS) is 11.1. The molecule has 0 saturated heterocycles. The maximum Gasteiger partial charge on any atom is 0.271 e. The molecule has 0 aliphatic rings. The first kappa shape index (κ1) is 21.6. The topological polar surface area (TPSA) is 117 Å². The van der Waals surface area contributed by atoms with E-state index in [2.05, 4.69) is 16.7 Å². The minimum absolute atomic E-state index is 0.0777. The molecule has 0 aliphatic heterocycles. The second-order valence-corrected chi connectivity index (χ2v) is 6.92. The fourth-order valence-corrected chi connectivity index (χ4v) is 2.89. The molecular weight excluding hydrogens is 420 g/mol.